The van der Waals surface area contributed by atoms with Crippen LogP contribution >= 0.6 is 27.3 Å². The number of hydrogen-bond donors (Lipinski definition) is 1. The number of hydrogen-bond acceptors (Lipinski definition) is 2. The third-order valence-electron chi connectivity index (χ3n) is 2.36. The van der Waals surface area contributed by atoms with Crippen LogP contribution in [0.1, 0.15) is 16.5 Å². The summed E-state index contributed by atoms with van der Waals surface area (Å²) in [5.41, 5.74) is 6.67. The molecule has 1 aromatic heterocycles. The van der Waals surface area contributed by atoms with Crippen molar-refractivity contribution < 1.29 is 4.39 Å². The molecule has 84 valence electrons. The van der Waals surface area contributed by atoms with Gasteiger partial charge in [-0.3, -0.25) is 0 Å². The summed E-state index contributed by atoms with van der Waals surface area (Å²) in [6, 6.07) is 8.73. The van der Waals surface area contributed by atoms with Gasteiger partial charge in [-0.25, -0.2) is 4.39 Å². The lowest BCUT2D eigenvalue weighted by atomic mass is 10.1. The van der Waals surface area contributed by atoms with Crippen molar-refractivity contribution in [1.29, 1.82) is 0 Å². The van der Waals surface area contributed by atoms with Gasteiger partial charge in [0.2, 0.25) is 0 Å². The summed E-state index contributed by atoms with van der Waals surface area (Å²) >= 11 is 4.93. The molecular weight excluding hydrogens is 289 g/mol. The quantitative estimate of drug-likeness (QED) is 0.914. The predicted molar refractivity (Wildman–Crippen MR) is 69.1 cm³/mol. The van der Waals surface area contributed by atoms with E-state index in [2.05, 4.69) is 15.9 Å². The lowest BCUT2D eigenvalue weighted by Gasteiger charge is -2.10. The molecule has 0 saturated heterocycles. The fourth-order valence-electron chi connectivity index (χ4n) is 1.54. The second-order valence-corrected chi connectivity index (χ2v) is 5.46. The molecule has 1 heterocycles. The van der Waals surface area contributed by atoms with Gasteiger partial charge in [-0.05, 0) is 41.6 Å². The predicted octanol–water partition coefficient (Wildman–Crippen LogP) is 3.89. The maximum Gasteiger partial charge on any atom is 0.126 e. The van der Waals surface area contributed by atoms with Gasteiger partial charge in [0.25, 0.3) is 0 Å². The van der Waals surface area contributed by atoms with E-state index >= 15 is 0 Å². The first-order valence-electron chi connectivity index (χ1n) is 4.89. The molecule has 1 unspecified atom stereocenters. The molecule has 0 aliphatic carbocycles. The Balaban J connectivity index is 2.17. The highest BCUT2D eigenvalue weighted by atomic mass is 79.9. The van der Waals surface area contributed by atoms with Crippen LogP contribution < -0.4 is 5.73 Å². The molecule has 2 aromatic rings. The van der Waals surface area contributed by atoms with E-state index in [0.717, 1.165) is 9.35 Å². The largest absolute Gasteiger partial charge is 0.323 e. The van der Waals surface area contributed by atoms with Crippen molar-refractivity contribution in [2.45, 2.75) is 12.5 Å². The Hall–Kier alpha value is -0.710. The van der Waals surface area contributed by atoms with Crippen LogP contribution in [-0.2, 0) is 6.42 Å². The summed E-state index contributed by atoms with van der Waals surface area (Å²) in [5, 5.41) is 1.98. The molecule has 0 spiro atoms. The van der Waals surface area contributed by atoms with Crippen molar-refractivity contribution in [2.75, 3.05) is 0 Å². The SMILES string of the molecule is NC(Cc1cc(Br)ccc1F)c1cccs1. The molecule has 4 heteroatoms. The average Bonchev–Trinajstić information content (AvgIpc) is 2.76. The molecule has 0 amide bonds. The molecule has 1 aromatic carbocycles. The number of benzene rings is 1. The Bertz CT molecular complexity index is 470. The molecule has 0 bridgehead atoms. The summed E-state index contributed by atoms with van der Waals surface area (Å²) in [6.07, 6.45) is 0.520. The molecule has 16 heavy (non-hydrogen) atoms. The number of thiophene rings is 1. The minimum Gasteiger partial charge on any atom is -0.323 e. The zero-order chi connectivity index (χ0) is 11.5. The van der Waals surface area contributed by atoms with Crippen molar-refractivity contribution >= 4 is 27.3 Å². The van der Waals surface area contributed by atoms with Crippen LogP contribution in [0.4, 0.5) is 4.39 Å². The van der Waals surface area contributed by atoms with Gasteiger partial charge in [0.05, 0.1) is 0 Å². The topological polar surface area (TPSA) is 26.0 Å². The highest BCUT2D eigenvalue weighted by molar-refractivity contribution is 9.10. The van der Waals surface area contributed by atoms with Crippen LogP contribution in [0.3, 0.4) is 0 Å². The van der Waals surface area contributed by atoms with E-state index < -0.39 is 0 Å². The van der Waals surface area contributed by atoms with Gasteiger partial charge in [-0.1, -0.05) is 22.0 Å². The van der Waals surface area contributed by atoms with Gasteiger partial charge < -0.3 is 5.73 Å². The zero-order valence-corrected chi connectivity index (χ0v) is 10.9. The fourth-order valence-corrected chi connectivity index (χ4v) is 2.68. The third-order valence-corrected chi connectivity index (χ3v) is 3.85. The Kier molecular flexibility index (Phi) is 3.74. The van der Waals surface area contributed by atoms with Crippen LogP contribution in [0, 0.1) is 5.82 Å². The van der Waals surface area contributed by atoms with Crippen molar-refractivity contribution in [1.82, 2.24) is 0 Å². The average molecular weight is 300 g/mol. The van der Waals surface area contributed by atoms with Crippen molar-refractivity contribution in [3.05, 3.63) is 56.4 Å². The van der Waals surface area contributed by atoms with Crippen molar-refractivity contribution in [3.8, 4) is 0 Å². The van der Waals surface area contributed by atoms with Crippen LogP contribution in [-0.4, -0.2) is 0 Å². The molecule has 1 atom stereocenters. The Morgan fingerprint density at radius 2 is 2.19 bits per heavy atom. The summed E-state index contributed by atoms with van der Waals surface area (Å²) in [4.78, 5) is 1.08. The number of halogens is 2. The molecule has 1 nitrogen and oxygen atoms in total. The first-order chi connectivity index (χ1) is 7.66. The lowest BCUT2D eigenvalue weighted by Crippen LogP contribution is -2.12. The van der Waals surface area contributed by atoms with Gasteiger partial charge >= 0.3 is 0 Å². The molecule has 0 saturated carbocycles. The van der Waals surface area contributed by atoms with E-state index in [4.69, 9.17) is 5.73 Å². The molecule has 2 rings (SSSR count). The smallest absolute Gasteiger partial charge is 0.126 e. The minimum absolute atomic E-state index is 0.135. The highest BCUT2D eigenvalue weighted by Gasteiger charge is 2.11. The van der Waals surface area contributed by atoms with Gasteiger partial charge in [0.15, 0.2) is 0 Å². The van der Waals surface area contributed by atoms with E-state index in [-0.39, 0.29) is 11.9 Å². The van der Waals surface area contributed by atoms with Crippen LogP contribution in [0.25, 0.3) is 0 Å². The summed E-state index contributed by atoms with van der Waals surface area (Å²) < 4.78 is 14.4. The van der Waals surface area contributed by atoms with Gasteiger partial charge in [-0.2, -0.15) is 0 Å². The Morgan fingerprint density at radius 1 is 1.38 bits per heavy atom. The fraction of sp³-hybridized carbons (Fsp3) is 0.167. The maximum atomic E-state index is 13.5. The van der Waals surface area contributed by atoms with E-state index in [1.54, 1.807) is 23.5 Å². The van der Waals surface area contributed by atoms with E-state index in [9.17, 15) is 4.39 Å². The third kappa shape index (κ3) is 2.70. The standard InChI is InChI=1S/C12H11BrFNS/c13-9-3-4-10(14)8(6-9)7-11(15)12-2-1-5-16-12/h1-6,11H,7,15H2. The molecular formula is C12H11BrFNS. The van der Waals surface area contributed by atoms with Crippen molar-refractivity contribution in [3.63, 3.8) is 0 Å². The van der Waals surface area contributed by atoms with Gasteiger partial charge in [0.1, 0.15) is 5.82 Å². The van der Waals surface area contributed by atoms with Crippen LogP contribution in [0.5, 0.6) is 0 Å². The lowest BCUT2D eigenvalue weighted by molar-refractivity contribution is 0.594. The molecule has 0 aliphatic rings. The van der Waals surface area contributed by atoms with Gasteiger partial charge in [-0.15, -0.1) is 11.3 Å². The molecule has 0 aliphatic heterocycles. The zero-order valence-electron chi connectivity index (χ0n) is 8.49. The first-order valence-corrected chi connectivity index (χ1v) is 6.57. The number of nitrogens with two attached hydrogens (primary N) is 1. The van der Waals surface area contributed by atoms with E-state index in [0.29, 0.717) is 12.0 Å². The van der Waals surface area contributed by atoms with Gasteiger partial charge in [0, 0.05) is 15.4 Å². The Morgan fingerprint density at radius 3 is 2.88 bits per heavy atom. The second kappa shape index (κ2) is 5.08. The van der Waals surface area contributed by atoms with E-state index in [1.165, 1.54) is 6.07 Å². The highest BCUT2D eigenvalue weighted by Crippen LogP contribution is 2.23. The summed E-state index contributed by atoms with van der Waals surface area (Å²) in [5.74, 6) is -0.199. The molecule has 0 fully saturated rings. The molecule has 0 radical (unpaired) electrons. The first kappa shape index (κ1) is 11.8. The van der Waals surface area contributed by atoms with Crippen LogP contribution in [0.2, 0.25) is 0 Å². The second-order valence-electron chi connectivity index (χ2n) is 3.56. The van der Waals surface area contributed by atoms with E-state index in [1.807, 2.05) is 17.5 Å². The monoisotopic (exact) mass is 299 g/mol. The summed E-state index contributed by atoms with van der Waals surface area (Å²) in [6.45, 7) is 0. The minimum atomic E-state index is -0.199. The van der Waals surface area contributed by atoms with Crippen molar-refractivity contribution in [2.24, 2.45) is 5.73 Å². The maximum absolute atomic E-state index is 13.5. The van der Waals surface area contributed by atoms with Crippen LogP contribution in [0.15, 0.2) is 40.2 Å². The normalized spacial score (nSPS) is 12.7. The molecule has 2 N–H and O–H groups in total. The summed E-state index contributed by atoms with van der Waals surface area (Å²) in [7, 11) is 0. The Labute approximate surface area is 106 Å². The number of rotatable bonds is 3.